The van der Waals surface area contributed by atoms with Gasteiger partial charge in [-0.3, -0.25) is 0 Å². The van der Waals surface area contributed by atoms with Crippen LogP contribution in [0.3, 0.4) is 0 Å². The molecule has 1 aromatic carbocycles. The summed E-state index contributed by atoms with van der Waals surface area (Å²) < 4.78 is 1.09. The van der Waals surface area contributed by atoms with Crippen molar-refractivity contribution in [2.75, 3.05) is 0 Å². The Kier molecular flexibility index (Phi) is 4.64. The molecule has 0 radical (unpaired) electrons. The van der Waals surface area contributed by atoms with Crippen LogP contribution in [0.25, 0.3) is 0 Å². The number of hydrogen-bond acceptors (Lipinski definition) is 3. The predicted octanol–water partition coefficient (Wildman–Crippen LogP) is 5.06. The average molecular weight is 370 g/mol. The molecule has 20 heavy (non-hydrogen) atoms. The molecule has 0 amide bonds. The molecule has 1 aromatic heterocycles. The van der Waals surface area contributed by atoms with Gasteiger partial charge in [-0.05, 0) is 49.9 Å². The summed E-state index contributed by atoms with van der Waals surface area (Å²) in [7, 11) is 0. The summed E-state index contributed by atoms with van der Waals surface area (Å²) in [6.45, 7) is 0. The third-order valence-electron chi connectivity index (χ3n) is 3.36. The third-order valence-corrected chi connectivity index (χ3v) is 5.21. The van der Waals surface area contributed by atoms with Crippen LogP contribution in [-0.4, -0.2) is 9.97 Å². The molecule has 1 aliphatic carbocycles. The highest BCUT2D eigenvalue weighted by atomic mass is 79.9. The van der Waals surface area contributed by atoms with E-state index in [2.05, 4.69) is 38.0 Å². The van der Waals surface area contributed by atoms with Crippen LogP contribution < -0.4 is 0 Å². The van der Waals surface area contributed by atoms with E-state index in [9.17, 15) is 0 Å². The second kappa shape index (κ2) is 6.46. The second-order valence-corrected chi connectivity index (χ2v) is 7.13. The van der Waals surface area contributed by atoms with Crippen molar-refractivity contribution in [2.24, 2.45) is 0 Å². The van der Waals surface area contributed by atoms with Crippen molar-refractivity contribution in [2.45, 2.75) is 36.3 Å². The number of halogens is 2. The van der Waals surface area contributed by atoms with Gasteiger partial charge in [-0.25, -0.2) is 9.97 Å². The van der Waals surface area contributed by atoms with E-state index < -0.39 is 0 Å². The standard InChI is InChI=1S/C15H14BrClN2S/c16-10-5-7-11(8-6-10)20-9-14-18-13-4-2-1-3-12(13)15(17)19-14/h5-8H,1-4,9H2. The van der Waals surface area contributed by atoms with Crippen LogP contribution in [0.15, 0.2) is 33.6 Å². The number of aromatic nitrogens is 2. The molecule has 0 atom stereocenters. The van der Waals surface area contributed by atoms with Gasteiger partial charge in [0, 0.05) is 20.6 Å². The fourth-order valence-electron chi connectivity index (χ4n) is 2.34. The topological polar surface area (TPSA) is 25.8 Å². The van der Waals surface area contributed by atoms with Crippen molar-refractivity contribution >= 4 is 39.3 Å². The van der Waals surface area contributed by atoms with Crippen molar-refractivity contribution < 1.29 is 0 Å². The van der Waals surface area contributed by atoms with Crippen LogP contribution in [0.2, 0.25) is 5.15 Å². The molecule has 5 heteroatoms. The molecule has 0 bridgehead atoms. The largest absolute Gasteiger partial charge is 0.237 e. The van der Waals surface area contributed by atoms with Crippen LogP contribution in [0.5, 0.6) is 0 Å². The summed E-state index contributed by atoms with van der Waals surface area (Å²) >= 11 is 11.5. The molecule has 2 aromatic rings. The third kappa shape index (κ3) is 3.35. The number of rotatable bonds is 3. The van der Waals surface area contributed by atoms with E-state index in [1.807, 2.05) is 12.1 Å². The van der Waals surface area contributed by atoms with Crippen LogP contribution >= 0.6 is 39.3 Å². The Morgan fingerprint density at radius 3 is 2.65 bits per heavy atom. The Balaban J connectivity index is 1.74. The maximum Gasteiger partial charge on any atom is 0.140 e. The molecular formula is C15H14BrClN2S. The lowest BCUT2D eigenvalue weighted by atomic mass is 9.97. The second-order valence-electron chi connectivity index (χ2n) is 4.81. The first-order valence-corrected chi connectivity index (χ1v) is 8.80. The normalized spacial score (nSPS) is 14.1. The lowest BCUT2D eigenvalue weighted by molar-refractivity contribution is 0.657. The van der Waals surface area contributed by atoms with E-state index in [4.69, 9.17) is 11.6 Å². The van der Waals surface area contributed by atoms with Gasteiger partial charge in [0.1, 0.15) is 11.0 Å². The molecule has 1 heterocycles. The van der Waals surface area contributed by atoms with E-state index in [1.54, 1.807) is 11.8 Å². The highest BCUT2D eigenvalue weighted by Gasteiger charge is 2.16. The van der Waals surface area contributed by atoms with E-state index in [-0.39, 0.29) is 0 Å². The van der Waals surface area contributed by atoms with Crippen molar-refractivity contribution in [3.05, 3.63) is 51.0 Å². The number of benzene rings is 1. The number of fused-ring (bicyclic) bond motifs is 1. The molecule has 0 unspecified atom stereocenters. The minimum Gasteiger partial charge on any atom is -0.237 e. The number of thioether (sulfide) groups is 1. The molecule has 0 saturated heterocycles. The summed E-state index contributed by atoms with van der Waals surface area (Å²) in [4.78, 5) is 10.3. The first-order valence-electron chi connectivity index (χ1n) is 6.65. The van der Waals surface area contributed by atoms with Gasteiger partial charge in [0.2, 0.25) is 0 Å². The Bertz CT molecular complexity index is 616. The fourth-order valence-corrected chi connectivity index (χ4v) is 3.66. The van der Waals surface area contributed by atoms with E-state index in [0.29, 0.717) is 5.15 Å². The average Bonchev–Trinajstić information content (AvgIpc) is 2.47. The highest BCUT2D eigenvalue weighted by molar-refractivity contribution is 9.10. The summed E-state index contributed by atoms with van der Waals surface area (Å²) in [5.74, 6) is 1.60. The fraction of sp³-hybridized carbons (Fsp3) is 0.333. The minimum atomic E-state index is 0.654. The van der Waals surface area contributed by atoms with Crippen molar-refractivity contribution in [3.63, 3.8) is 0 Å². The smallest absolute Gasteiger partial charge is 0.140 e. The van der Waals surface area contributed by atoms with Gasteiger partial charge in [-0.15, -0.1) is 11.8 Å². The van der Waals surface area contributed by atoms with Gasteiger partial charge in [0.25, 0.3) is 0 Å². The predicted molar refractivity (Wildman–Crippen MR) is 87.4 cm³/mol. The summed E-state index contributed by atoms with van der Waals surface area (Å²) in [5, 5.41) is 0.654. The molecular weight excluding hydrogens is 356 g/mol. The van der Waals surface area contributed by atoms with Gasteiger partial charge < -0.3 is 0 Å². The zero-order valence-corrected chi connectivity index (χ0v) is 14.1. The maximum atomic E-state index is 6.28. The van der Waals surface area contributed by atoms with Gasteiger partial charge >= 0.3 is 0 Å². The first kappa shape index (κ1) is 14.4. The minimum absolute atomic E-state index is 0.654. The number of nitrogens with zero attached hydrogens (tertiary/aromatic N) is 2. The molecule has 0 aliphatic heterocycles. The van der Waals surface area contributed by atoms with E-state index in [0.717, 1.165) is 40.1 Å². The van der Waals surface area contributed by atoms with Gasteiger partial charge in [0.05, 0.1) is 5.75 Å². The molecule has 0 fully saturated rings. The van der Waals surface area contributed by atoms with Crippen LogP contribution in [0.4, 0.5) is 0 Å². The van der Waals surface area contributed by atoms with Crippen LogP contribution in [0, 0.1) is 0 Å². The molecule has 0 N–H and O–H groups in total. The lowest BCUT2D eigenvalue weighted by Crippen LogP contribution is -2.10. The maximum absolute atomic E-state index is 6.28. The summed E-state index contributed by atoms with van der Waals surface area (Å²) in [6, 6.07) is 8.27. The molecule has 0 spiro atoms. The first-order chi connectivity index (χ1) is 9.72. The van der Waals surface area contributed by atoms with Crippen molar-refractivity contribution in [1.29, 1.82) is 0 Å². The van der Waals surface area contributed by atoms with E-state index in [1.165, 1.54) is 17.7 Å². The molecule has 0 saturated carbocycles. The molecule has 3 rings (SSSR count). The Labute approximate surface area is 136 Å². The molecule has 2 nitrogen and oxygen atoms in total. The zero-order valence-electron chi connectivity index (χ0n) is 10.9. The highest BCUT2D eigenvalue weighted by Crippen LogP contribution is 2.28. The summed E-state index contributed by atoms with van der Waals surface area (Å²) in [5.41, 5.74) is 2.32. The van der Waals surface area contributed by atoms with Gasteiger partial charge in [-0.1, -0.05) is 27.5 Å². The van der Waals surface area contributed by atoms with Crippen LogP contribution in [-0.2, 0) is 18.6 Å². The SMILES string of the molecule is Clc1nc(CSc2ccc(Br)cc2)nc2c1CCCC2. The summed E-state index contributed by atoms with van der Waals surface area (Å²) in [6.07, 6.45) is 4.46. The van der Waals surface area contributed by atoms with Crippen molar-refractivity contribution in [1.82, 2.24) is 9.97 Å². The number of hydrogen-bond donors (Lipinski definition) is 0. The van der Waals surface area contributed by atoms with E-state index >= 15 is 0 Å². The van der Waals surface area contributed by atoms with Crippen molar-refractivity contribution in [3.8, 4) is 0 Å². The number of aryl methyl sites for hydroxylation is 1. The Morgan fingerprint density at radius 2 is 1.85 bits per heavy atom. The monoisotopic (exact) mass is 368 g/mol. The molecule has 1 aliphatic rings. The lowest BCUT2D eigenvalue weighted by Gasteiger charge is -2.16. The zero-order chi connectivity index (χ0) is 13.9. The van der Waals surface area contributed by atoms with Gasteiger partial charge in [0.15, 0.2) is 0 Å². The quantitative estimate of drug-likeness (QED) is 0.558. The molecule has 104 valence electrons. The van der Waals surface area contributed by atoms with Crippen LogP contribution in [0.1, 0.15) is 29.9 Å². The van der Waals surface area contributed by atoms with Gasteiger partial charge in [-0.2, -0.15) is 0 Å². The Morgan fingerprint density at radius 1 is 1.10 bits per heavy atom. The Hall–Kier alpha value is -0.580.